The van der Waals surface area contributed by atoms with E-state index in [-0.39, 0.29) is 22.9 Å². The Morgan fingerprint density at radius 3 is 2.03 bits per heavy atom. The maximum absolute atomic E-state index is 13.4. The summed E-state index contributed by atoms with van der Waals surface area (Å²) in [6, 6.07) is 16.7. The van der Waals surface area contributed by atoms with E-state index in [1.807, 2.05) is 12.1 Å². The summed E-state index contributed by atoms with van der Waals surface area (Å²) in [7, 11) is 0. The van der Waals surface area contributed by atoms with Crippen LogP contribution in [0.2, 0.25) is 0 Å². The summed E-state index contributed by atoms with van der Waals surface area (Å²) in [5.41, 5.74) is 4.06. The Labute approximate surface area is 192 Å². The van der Waals surface area contributed by atoms with Crippen molar-refractivity contribution in [2.45, 2.75) is 24.9 Å². The van der Waals surface area contributed by atoms with E-state index in [1.165, 1.54) is 17.5 Å². The van der Waals surface area contributed by atoms with Gasteiger partial charge in [0.15, 0.2) is 0 Å². The third-order valence-corrected chi connectivity index (χ3v) is 5.90. The second-order valence-corrected chi connectivity index (χ2v) is 7.09. The Morgan fingerprint density at radius 1 is 0.839 bits per heavy atom. The van der Waals surface area contributed by atoms with E-state index in [0.717, 1.165) is 12.1 Å². The van der Waals surface area contributed by atoms with Gasteiger partial charge in [-0.15, -0.1) is 0 Å². The summed E-state index contributed by atoms with van der Waals surface area (Å²) in [4.78, 5) is 2.53. The van der Waals surface area contributed by atoms with Gasteiger partial charge in [0.1, 0.15) is 5.82 Å². The second kappa shape index (κ2) is 12.9. The molecule has 4 nitrogen and oxygen atoms in total. The fourth-order valence-electron chi connectivity index (χ4n) is 4.92. The van der Waals surface area contributed by atoms with Gasteiger partial charge in [0.25, 0.3) is 0 Å². The molecule has 0 saturated carbocycles. The molecule has 2 heterocycles. The van der Waals surface area contributed by atoms with E-state index in [2.05, 4.69) is 73.4 Å². The van der Waals surface area contributed by atoms with Crippen molar-refractivity contribution in [3.63, 3.8) is 0 Å². The molecular formula is C25H20FFeNO3. The van der Waals surface area contributed by atoms with Gasteiger partial charge in [0.05, 0.1) is 12.1 Å². The van der Waals surface area contributed by atoms with Gasteiger partial charge in [0.2, 0.25) is 0 Å². The van der Waals surface area contributed by atoms with Gasteiger partial charge in [-0.25, -0.2) is 4.39 Å². The maximum atomic E-state index is 13.4. The number of allylic oxidation sites excluding steroid dienone is 4. The molecule has 2 aliphatic heterocycles. The third kappa shape index (κ3) is 5.18. The van der Waals surface area contributed by atoms with Gasteiger partial charge in [-0.05, 0) is 60.1 Å². The van der Waals surface area contributed by atoms with Crippen LogP contribution in [-0.4, -0.2) is 0 Å². The predicted octanol–water partition coefficient (Wildman–Crippen LogP) is 5.47. The van der Waals surface area contributed by atoms with Crippen LogP contribution in [0.1, 0.15) is 36.1 Å². The summed E-state index contributed by atoms with van der Waals surface area (Å²) < 4.78 is 35.9. The molecule has 2 aromatic rings. The van der Waals surface area contributed by atoms with Gasteiger partial charge >= 0.3 is 33.9 Å². The standard InChI is InChI=1S/C22H20FN.3CO.Fe/c23-16-10-12-17(13-11-16)24-21-14-20(15-6-2-1-3-7-15)22(24)19-9-5-4-8-18(19)21;3*1-2;/h1-6,8-13,15,20-22H,7,14H2;;;;/t15?,20?,21-,22-;;;;/m1..../s1. The smallest absolute Gasteiger partial charge is 0 e. The molecule has 0 aromatic heterocycles. The van der Waals surface area contributed by atoms with Crippen LogP contribution in [0.4, 0.5) is 10.1 Å². The van der Waals surface area contributed by atoms with Crippen molar-refractivity contribution in [1.82, 2.24) is 0 Å². The zero-order valence-corrected chi connectivity index (χ0v) is 17.7. The number of hydrogen-bond donors (Lipinski definition) is 0. The molecule has 0 spiro atoms. The Balaban J connectivity index is 0.000000636. The van der Waals surface area contributed by atoms with E-state index in [1.54, 1.807) is 12.1 Å². The van der Waals surface area contributed by atoms with Crippen LogP contribution in [0.25, 0.3) is 0 Å². The minimum absolute atomic E-state index is 0. The first-order chi connectivity index (χ1) is 14.8. The Hall–Kier alpha value is -2.61. The summed E-state index contributed by atoms with van der Waals surface area (Å²) in [5.74, 6) is 1.05. The predicted molar refractivity (Wildman–Crippen MR) is 107 cm³/mol. The number of hydrogen-bond acceptors (Lipinski definition) is 1. The van der Waals surface area contributed by atoms with Gasteiger partial charge in [-0.1, -0.05) is 48.6 Å². The van der Waals surface area contributed by atoms with Crippen LogP contribution in [0.3, 0.4) is 0 Å². The summed E-state index contributed by atoms with van der Waals surface area (Å²) in [5, 5.41) is 0. The fraction of sp³-hybridized carbons (Fsp3) is 0.240. The zero-order valence-electron chi connectivity index (χ0n) is 16.6. The molecular weight excluding hydrogens is 437 g/mol. The molecule has 158 valence electrons. The van der Waals surface area contributed by atoms with Gasteiger partial charge < -0.3 is 4.90 Å². The Kier molecular flexibility index (Phi) is 11.0. The number of rotatable bonds is 2. The maximum Gasteiger partial charge on any atom is 0 e. The van der Waals surface area contributed by atoms with Crippen LogP contribution in [-0.2, 0) is 31.0 Å². The van der Waals surface area contributed by atoms with E-state index in [9.17, 15) is 4.39 Å². The Bertz CT molecular complexity index is 950. The van der Waals surface area contributed by atoms with Crippen LogP contribution in [0, 0.1) is 37.6 Å². The van der Waals surface area contributed by atoms with Gasteiger partial charge in [-0.2, -0.15) is 0 Å². The molecule has 4 atom stereocenters. The number of anilines is 1. The van der Waals surface area contributed by atoms with E-state index < -0.39 is 0 Å². The summed E-state index contributed by atoms with van der Waals surface area (Å²) >= 11 is 0. The van der Waals surface area contributed by atoms with Crippen molar-refractivity contribution in [2.75, 3.05) is 4.90 Å². The van der Waals surface area contributed by atoms with Crippen molar-refractivity contribution < 1.29 is 35.4 Å². The fourth-order valence-corrected chi connectivity index (χ4v) is 4.92. The molecule has 2 bridgehead atoms. The van der Waals surface area contributed by atoms with Crippen molar-refractivity contribution in [3.8, 4) is 0 Å². The van der Waals surface area contributed by atoms with Crippen LogP contribution < -0.4 is 4.90 Å². The average Bonchev–Trinajstić information content (AvgIpc) is 3.39. The molecule has 1 aliphatic carbocycles. The van der Waals surface area contributed by atoms with Gasteiger partial charge in [0, 0.05) is 22.8 Å². The van der Waals surface area contributed by atoms with E-state index in [0.29, 0.717) is 23.9 Å². The minimum Gasteiger partial charge on any atom is 0 e. The number of halogens is 1. The molecule has 3 aliphatic rings. The molecule has 5 rings (SSSR count). The summed E-state index contributed by atoms with van der Waals surface area (Å²) in [6.07, 6.45) is 11.3. The van der Waals surface area contributed by atoms with Crippen molar-refractivity contribution in [1.29, 1.82) is 0 Å². The number of benzene rings is 2. The summed E-state index contributed by atoms with van der Waals surface area (Å²) in [6.45, 7) is 13.5. The molecule has 0 amide bonds. The quantitative estimate of drug-likeness (QED) is 0.335. The first kappa shape index (κ1) is 26.4. The average molecular weight is 457 g/mol. The normalized spacial score (nSPS) is 23.4. The molecule has 6 heteroatoms. The molecule has 2 aromatic carbocycles. The molecule has 1 saturated heterocycles. The van der Waals surface area contributed by atoms with Crippen molar-refractivity contribution >= 4 is 5.69 Å². The third-order valence-electron chi connectivity index (χ3n) is 5.90. The van der Waals surface area contributed by atoms with Gasteiger partial charge in [-0.3, -0.25) is 0 Å². The Morgan fingerprint density at radius 2 is 1.45 bits per heavy atom. The van der Waals surface area contributed by atoms with Crippen LogP contribution in [0.5, 0.6) is 0 Å². The molecule has 0 N–H and O–H groups in total. The van der Waals surface area contributed by atoms with E-state index >= 15 is 0 Å². The largest absolute Gasteiger partial charge is 0 e. The molecule has 31 heavy (non-hydrogen) atoms. The molecule has 2 unspecified atom stereocenters. The first-order valence-electron chi connectivity index (χ1n) is 9.40. The molecule has 0 radical (unpaired) electrons. The topological polar surface area (TPSA) is 62.9 Å². The number of nitrogens with zero attached hydrogens (tertiary/aromatic N) is 1. The van der Waals surface area contributed by atoms with Crippen molar-refractivity contribution in [2.24, 2.45) is 11.8 Å². The SMILES string of the molecule is Fc1ccc(N2[C@@H]3CC(C4C=CC=CC4)[C@H]2c2ccccc23)cc1.[C-]#[O+].[C-]#[O+].[C-]#[O+].[Fe]. The molecule has 1 fully saturated rings. The zero-order chi connectivity index (χ0) is 22.1. The first-order valence-corrected chi connectivity index (χ1v) is 9.40. The second-order valence-electron chi connectivity index (χ2n) is 7.09. The van der Waals surface area contributed by atoms with Crippen LogP contribution >= 0.6 is 0 Å². The van der Waals surface area contributed by atoms with Crippen molar-refractivity contribution in [3.05, 3.63) is 110 Å². The van der Waals surface area contributed by atoms with Crippen LogP contribution in [0.15, 0.2) is 72.8 Å². The number of fused-ring (bicyclic) bond motifs is 5. The monoisotopic (exact) mass is 457 g/mol. The minimum atomic E-state index is -0.167. The van der Waals surface area contributed by atoms with E-state index in [4.69, 9.17) is 14.0 Å².